The maximum Gasteiger partial charge on any atom is 0.127 e. The first-order valence-electron chi connectivity index (χ1n) is 7.56. The van der Waals surface area contributed by atoms with Gasteiger partial charge in [-0.3, -0.25) is 4.98 Å². The number of nitrogens with one attached hydrogen (secondary N) is 1. The van der Waals surface area contributed by atoms with Gasteiger partial charge in [0, 0.05) is 17.0 Å². The predicted molar refractivity (Wildman–Crippen MR) is 84.9 cm³/mol. The summed E-state index contributed by atoms with van der Waals surface area (Å²) in [5.41, 5.74) is 5.89. The van der Waals surface area contributed by atoms with Gasteiger partial charge in [-0.2, -0.15) is 0 Å². The topological polar surface area (TPSA) is 34.2 Å². The van der Waals surface area contributed by atoms with Crippen LogP contribution in [-0.2, 0) is 6.42 Å². The summed E-state index contributed by atoms with van der Waals surface area (Å²) in [6.07, 6.45) is 2.21. The first-order chi connectivity index (χ1) is 10.2. The number of benzene rings is 1. The number of para-hydroxylation sites is 1. The van der Waals surface area contributed by atoms with Gasteiger partial charge in [0.25, 0.3) is 0 Å². The largest absolute Gasteiger partial charge is 0.493 e. The summed E-state index contributed by atoms with van der Waals surface area (Å²) in [5.74, 6) is 1.07. The lowest BCUT2D eigenvalue weighted by atomic mass is 9.93. The first-order valence-corrected chi connectivity index (χ1v) is 7.56. The van der Waals surface area contributed by atoms with Crippen LogP contribution >= 0.6 is 0 Å². The highest BCUT2D eigenvalue weighted by molar-refractivity contribution is 5.48. The molecule has 1 atom stereocenters. The normalized spacial score (nSPS) is 15.2. The Kier molecular flexibility index (Phi) is 3.93. The zero-order valence-electron chi connectivity index (χ0n) is 12.9. The molecule has 1 aliphatic rings. The lowest BCUT2D eigenvalue weighted by molar-refractivity contribution is 0.283. The monoisotopic (exact) mass is 282 g/mol. The molecule has 0 radical (unpaired) electrons. The number of aryl methyl sites for hydroxylation is 3. The number of fused-ring (bicyclic) bond motifs is 1. The number of rotatable bonds is 3. The third-order valence-electron chi connectivity index (χ3n) is 4.00. The molecule has 21 heavy (non-hydrogen) atoms. The molecule has 3 heteroatoms. The second kappa shape index (κ2) is 5.86. The number of hydrogen-bond acceptors (Lipinski definition) is 3. The minimum Gasteiger partial charge on any atom is -0.493 e. The first kappa shape index (κ1) is 14.1. The molecule has 1 N–H and O–H groups in total. The summed E-state index contributed by atoms with van der Waals surface area (Å²) in [4.78, 5) is 4.47. The van der Waals surface area contributed by atoms with Crippen molar-refractivity contribution in [2.24, 2.45) is 0 Å². The molecule has 0 spiro atoms. The Morgan fingerprint density at radius 2 is 1.95 bits per heavy atom. The van der Waals surface area contributed by atoms with Gasteiger partial charge in [-0.25, -0.2) is 0 Å². The Labute approximate surface area is 126 Å². The zero-order valence-corrected chi connectivity index (χ0v) is 12.9. The van der Waals surface area contributed by atoms with E-state index in [4.69, 9.17) is 4.74 Å². The summed E-state index contributed by atoms with van der Waals surface area (Å²) in [7, 11) is 2.00. The molecule has 0 saturated carbocycles. The molecule has 0 bridgehead atoms. The van der Waals surface area contributed by atoms with Crippen molar-refractivity contribution in [1.29, 1.82) is 0 Å². The molecule has 1 aromatic heterocycles. The summed E-state index contributed by atoms with van der Waals surface area (Å²) < 4.78 is 5.96. The highest BCUT2D eigenvalue weighted by Crippen LogP contribution is 2.35. The lowest BCUT2D eigenvalue weighted by Gasteiger charge is -2.25. The Morgan fingerprint density at radius 1 is 1.19 bits per heavy atom. The van der Waals surface area contributed by atoms with Crippen molar-refractivity contribution in [2.75, 3.05) is 13.7 Å². The number of nitrogens with zero attached hydrogens (tertiary/aromatic N) is 1. The Hall–Kier alpha value is -1.87. The van der Waals surface area contributed by atoms with Crippen molar-refractivity contribution >= 4 is 0 Å². The van der Waals surface area contributed by atoms with Gasteiger partial charge in [0.05, 0.1) is 12.6 Å². The minimum atomic E-state index is 0.137. The summed E-state index contributed by atoms with van der Waals surface area (Å²) in [5, 5.41) is 3.43. The number of hydrogen-bond donors (Lipinski definition) is 1. The number of pyridine rings is 1. The van der Waals surface area contributed by atoms with Crippen LogP contribution in [0.2, 0.25) is 0 Å². The van der Waals surface area contributed by atoms with Crippen LogP contribution in [0, 0.1) is 13.8 Å². The van der Waals surface area contributed by atoms with Crippen LogP contribution < -0.4 is 10.1 Å². The van der Waals surface area contributed by atoms with Crippen molar-refractivity contribution in [1.82, 2.24) is 10.3 Å². The van der Waals surface area contributed by atoms with Crippen LogP contribution in [0.4, 0.5) is 0 Å². The van der Waals surface area contributed by atoms with Gasteiger partial charge in [0.1, 0.15) is 5.75 Å². The van der Waals surface area contributed by atoms with E-state index in [-0.39, 0.29) is 6.04 Å². The predicted octanol–water partition coefficient (Wildman–Crippen LogP) is 3.33. The minimum absolute atomic E-state index is 0.137. The fourth-order valence-corrected chi connectivity index (χ4v) is 3.18. The van der Waals surface area contributed by atoms with Crippen LogP contribution in [0.1, 0.15) is 40.5 Å². The quantitative estimate of drug-likeness (QED) is 0.937. The second-order valence-electron chi connectivity index (χ2n) is 5.69. The highest BCUT2D eigenvalue weighted by Gasteiger charge is 2.21. The van der Waals surface area contributed by atoms with Crippen molar-refractivity contribution in [3.63, 3.8) is 0 Å². The molecule has 2 aromatic rings. The molecule has 1 aliphatic heterocycles. The van der Waals surface area contributed by atoms with Gasteiger partial charge in [0.2, 0.25) is 0 Å². The molecule has 3 rings (SSSR count). The number of aromatic nitrogens is 1. The Bertz CT molecular complexity index is 631. The van der Waals surface area contributed by atoms with Crippen molar-refractivity contribution in [3.05, 3.63) is 58.4 Å². The van der Waals surface area contributed by atoms with E-state index < -0.39 is 0 Å². The van der Waals surface area contributed by atoms with Gasteiger partial charge in [0.15, 0.2) is 0 Å². The molecule has 0 saturated heterocycles. The molecule has 110 valence electrons. The molecule has 0 amide bonds. The third kappa shape index (κ3) is 2.79. The van der Waals surface area contributed by atoms with Crippen LogP contribution in [0.5, 0.6) is 5.75 Å². The van der Waals surface area contributed by atoms with E-state index in [0.29, 0.717) is 0 Å². The molecule has 3 nitrogen and oxygen atoms in total. The van der Waals surface area contributed by atoms with Crippen molar-refractivity contribution < 1.29 is 4.74 Å². The molecule has 2 heterocycles. The zero-order chi connectivity index (χ0) is 14.8. The van der Waals surface area contributed by atoms with Gasteiger partial charge in [-0.05, 0) is 57.0 Å². The van der Waals surface area contributed by atoms with E-state index in [0.717, 1.165) is 36.6 Å². The van der Waals surface area contributed by atoms with Crippen LogP contribution in [-0.4, -0.2) is 18.6 Å². The van der Waals surface area contributed by atoms with E-state index in [9.17, 15) is 0 Å². The van der Waals surface area contributed by atoms with E-state index >= 15 is 0 Å². The van der Waals surface area contributed by atoms with Gasteiger partial charge in [-0.15, -0.1) is 0 Å². The standard InChI is InChI=1S/C18H22N2O/c1-12-10-15(11-13(2)20-12)17(19-3)16-8-4-6-14-7-5-9-21-18(14)16/h4,6,8,10-11,17,19H,5,7,9H2,1-3H3. The van der Waals surface area contributed by atoms with Crippen LogP contribution in [0.3, 0.4) is 0 Å². The molecule has 1 aromatic carbocycles. The summed E-state index contributed by atoms with van der Waals surface area (Å²) in [6.45, 7) is 4.90. The summed E-state index contributed by atoms with van der Waals surface area (Å²) >= 11 is 0. The van der Waals surface area contributed by atoms with Crippen LogP contribution in [0.15, 0.2) is 30.3 Å². The molecule has 1 unspecified atom stereocenters. The third-order valence-corrected chi connectivity index (χ3v) is 4.00. The van der Waals surface area contributed by atoms with Crippen molar-refractivity contribution in [3.8, 4) is 5.75 Å². The highest BCUT2D eigenvalue weighted by atomic mass is 16.5. The molecule has 0 aliphatic carbocycles. The Balaban J connectivity index is 2.08. The Morgan fingerprint density at radius 3 is 2.67 bits per heavy atom. The number of ether oxygens (including phenoxy) is 1. The second-order valence-corrected chi connectivity index (χ2v) is 5.69. The smallest absolute Gasteiger partial charge is 0.127 e. The maximum absolute atomic E-state index is 5.96. The fraction of sp³-hybridized carbons (Fsp3) is 0.389. The van der Waals surface area contributed by atoms with E-state index in [1.807, 2.05) is 20.9 Å². The van der Waals surface area contributed by atoms with E-state index in [1.165, 1.54) is 16.7 Å². The van der Waals surface area contributed by atoms with Crippen LogP contribution in [0.25, 0.3) is 0 Å². The molecular weight excluding hydrogens is 260 g/mol. The average molecular weight is 282 g/mol. The van der Waals surface area contributed by atoms with E-state index in [1.54, 1.807) is 0 Å². The van der Waals surface area contributed by atoms with Gasteiger partial charge >= 0.3 is 0 Å². The summed E-state index contributed by atoms with van der Waals surface area (Å²) in [6, 6.07) is 10.9. The molecule has 0 fully saturated rings. The molecular formula is C18H22N2O. The average Bonchev–Trinajstić information content (AvgIpc) is 2.47. The fourth-order valence-electron chi connectivity index (χ4n) is 3.18. The lowest BCUT2D eigenvalue weighted by Crippen LogP contribution is -2.21. The SMILES string of the molecule is CNC(c1cc(C)nc(C)c1)c1cccc2c1OCCC2. The van der Waals surface area contributed by atoms with Crippen molar-refractivity contribution in [2.45, 2.75) is 32.7 Å². The van der Waals surface area contributed by atoms with Gasteiger partial charge in [-0.1, -0.05) is 18.2 Å². The van der Waals surface area contributed by atoms with Gasteiger partial charge < -0.3 is 10.1 Å². The maximum atomic E-state index is 5.96. The van der Waals surface area contributed by atoms with E-state index in [2.05, 4.69) is 40.6 Å².